The molecule has 2 aromatic rings. The number of benzene rings is 2. The smallest absolute Gasteiger partial charge is 0.157 e. The van der Waals surface area contributed by atoms with Gasteiger partial charge in [-0.25, -0.2) is 0 Å². The van der Waals surface area contributed by atoms with E-state index in [0.717, 1.165) is 23.6 Å². The molecule has 0 N–H and O–H groups in total. The van der Waals surface area contributed by atoms with Gasteiger partial charge in [-0.2, -0.15) is 11.8 Å². The molecule has 0 spiro atoms. The first-order valence-electron chi connectivity index (χ1n) is 6.80. The quantitative estimate of drug-likeness (QED) is 0.809. The van der Waals surface area contributed by atoms with E-state index in [0.29, 0.717) is 0 Å². The van der Waals surface area contributed by atoms with Crippen LogP contribution >= 0.6 is 11.8 Å². The molecule has 102 valence electrons. The molecule has 2 nitrogen and oxygen atoms in total. The van der Waals surface area contributed by atoms with Gasteiger partial charge in [0.1, 0.15) is 0 Å². The normalized spacial score (nSPS) is 17.6. The number of thioether (sulfide) groups is 1. The molecule has 0 aliphatic carbocycles. The minimum Gasteiger partial charge on any atom is -0.387 e. The third kappa shape index (κ3) is 3.42. The lowest BCUT2D eigenvalue weighted by atomic mass is 10.1. The summed E-state index contributed by atoms with van der Waals surface area (Å²) in [6.45, 7) is 0. The number of hydrogen-bond donors (Lipinski definition) is 0. The minimum absolute atomic E-state index is 0.100. The highest BCUT2D eigenvalue weighted by Crippen LogP contribution is 2.28. The molecule has 1 aliphatic rings. The third-order valence-electron chi connectivity index (χ3n) is 3.28. The van der Waals surface area contributed by atoms with Crippen LogP contribution in [0, 0.1) is 0 Å². The van der Waals surface area contributed by atoms with Gasteiger partial charge in [0.05, 0.1) is 5.71 Å². The van der Waals surface area contributed by atoms with Gasteiger partial charge in [-0.3, -0.25) is 0 Å². The van der Waals surface area contributed by atoms with Gasteiger partial charge in [-0.1, -0.05) is 65.8 Å². The summed E-state index contributed by atoms with van der Waals surface area (Å²) in [5.41, 5.74) is 3.72. The minimum atomic E-state index is 0.100. The van der Waals surface area contributed by atoms with Gasteiger partial charge in [-0.05, 0) is 11.1 Å². The highest BCUT2D eigenvalue weighted by atomic mass is 32.2. The molecule has 1 heterocycles. The lowest BCUT2D eigenvalue weighted by molar-refractivity contribution is 0.0857. The van der Waals surface area contributed by atoms with Crippen LogP contribution in [0.5, 0.6) is 0 Å². The second-order valence-electron chi connectivity index (χ2n) is 4.84. The second-order valence-corrected chi connectivity index (χ2v) is 5.83. The maximum atomic E-state index is 5.53. The van der Waals surface area contributed by atoms with Gasteiger partial charge < -0.3 is 4.84 Å². The van der Waals surface area contributed by atoms with Crippen LogP contribution in [0.3, 0.4) is 0 Å². The van der Waals surface area contributed by atoms with E-state index < -0.39 is 0 Å². The largest absolute Gasteiger partial charge is 0.387 e. The Hall–Kier alpha value is -1.74. The zero-order valence-corrected chi connectivity index (χ0v) is 12.1. The summed E-state index contributed by atoms with van der Waals surface area (Å²) in [6, 6.07) is 20.8. The predicted molar refractivity (Wildman–Crippen MR) is 84.9 cm³/mol. The molecular weight excluding hydrogens is 266 g/mol. The Morgan fingerprint density at radius 2 is 1.65 bits per heavy atom. The van der Waals surface area contributed by atoms with Crippen molar-refractivity contribution in [2.45, 2.75) is 18.3 Å². The average Bonchev–Trinajstić information content (AvgIpc) is 2.98. The van der Waals surface area contributed by atoms with Gasteiger partial charge in [0.25, 0.3) is 0 Å². The maximum absolute atomic E-state index is 5.53. The number of hydrogen-bond acceptors (Lipinski definition) is 3. The molecule has 0 aromatic heterocycles. The molecule has 20 heavy (non-hydrogen) atoms. The Morgan fingerprint density at radius 1 is 0.950 bits per heavy atom. The van der Waals surface area contributed by atoms with Crippen molar-refractivity contribution in [3.63, 3.8) is 0 Å². The molecular formula is C17H17NOS. The fourth-order valence-electron chi connectivity index (χ4n) is 2.22. The average molecular weight is 283 g/mol. The van der Waals surface area contributed by atoms with E-state index in [1.54, 1.807) is 0 Å². The van der Waals surface area contributed by atoms with Gasteiger partial charge >= 0.3 is 0 Å². The van der Waals surface area contributed by atoms with E-state index in [1.807, 2.05) is 36.0 Å². The SMILES string of the molecule is c1ccc(CSCC2=NOC(c3ccccc3)C2)cc1. The van der Waals surface area contributed by atoms with Crippen molar-refractivity contribution >= 4 is 17.5 Å². The van der Waals surface area contributed by atoms with E-state index in [4.69, 9.17) is 4.84 Å². The Kier molecular flexibility index (Phi) is 4.38. The van der Waals surface area contributed by atoms with Gasteiger partial charge in [0.15, 0.2) is 6.10 Å². The number of nitrogens with zero attached hydrogens (tertiary/aromatic N) is 1. The van der Waals surface area contributed by atoms with Crippen molar-refractivity contribution in [1.29, 1.82) is 0 Å². The summed E-state index contributed by atoms with van der Waals surface area (Å²) in [7, 11) is 0. The highest BCUT2D eigenvalue weighted by Gasteiger charge is 2.22. The lowest BCUT2D eigenvalue weighted by Gasteiger charge is -2.07. The van der Waals surface area contributed by atoms with Crippen molar-refractivity contribution in [3.05, 3.63) is 71.8 Å². The first-order valence-corrected chi connectivity index (χ1v) is 7.95. The van der Waals surface area contributed by atoms with Crippen molar-refractivity contribution in [1.82, 2.24) is 0 Å². The van der Waals surface area contributed by atoms with Crippen LogP contribution < -0.4 is 0 Å². The lowest BCUT2D eigenvalue weighted by Crippen LogP contribution is -2.02. The van der Waals surface area contributed by atoms with Gasteiger partial charge in [-0.15, -0.1) is 0 Å². The van der Waals surface area contributed by atoms with E-state index in [-0.39, 0.29) is 6.10 Å². The Labute approximate surface area is 123 Å². The monoisotopic (exact) mass is 283 g/mol. The Morgan fingerprint density at radius 3 is 2.40 bits per heavy atom. The molecule has 1 unspecified atom stereocenters. The molecule has 0 radical (unpaired) electrons. The fourth-order valence-corrected chi connectivity index (χ4v) is 3.16. The molecule has 0 saturated carbocycles. The van der Waals surface area contributed by atoms with E-state index in [1.165, 1.54) is 11.1 Å². The van der Waals surface area contributed by atoms with E-state index >= 15 is 0 Å². The molecule has 3 heteroatoms. The fraction of sp³-hybridized carbons (Fsp3) is 0.235. The first kappa shape index (κ1) is 13.3. The molecule has 3 rings (SSSR count). The van der Waals surface area contributed by atoms with E-state index in [9.17, 15) is 0 Å². The van der Waals surface area contributed by atoms with Crippen LogP contribution in [0.2, 0.25) is 0 Å². The summed E-state index contributed by atoms with van der Waals surface area (Å²) in [5.74, 6) is 1.97. The third-order valence-corrected chi connectivity index (χ3v) is 4.36. The standard InChI is InChI=1S/C17H17NOS/c1-3-7-14(8-4-1)12-20-13-16-11-17(19-18-16)15-9-5-2-6-10-15/h1-10,17H,11-13H2. The summed E-state index contributed by atoms with van der Waals surface area (Å²) >= 11 is 1.89. The van der Waals surface area contributed by atoms with Crippen LogP contribution in [0.1, 0.15) is 23.7 Å². The number of oxime groups is 1. The second kappa shape index (κ2) is 6.62. The summed E-state index contributed by atoms with van der Waals surface area (Å²) in [6.07, 6.45) is 1.01. The van der Waals surface area contributed by atoms with Crippen LogP contribution in [-0.2, 0) is 10.6 Å². The van der Waals surface area contributed by atoms with Crippen LogP contribution in [0.4, 0.5) is 0 Å². The zero-order chi connectivity index (χ0) is 13.6. The summed E-state index contributed by atoms with van der Waals surface area (Å²) < 4.78 is 0. The first-order chi connectivity index (χ1) is 9.92. The molecule has 0 amide bonds. The molecule has 2 aromatic carbocycles. The topological polar surface area (TPSA) is 21.6 Å². The van der Waals surface area contributed by atoms with Gasteiger partial charge in [0.2, 0.25) is 0 Å². The maximum Gasteiger partial charge on any atom is 0.157 e. The summed E-state index contributed by atoms with van der Waals surface area (Å²) in [4.78, 5) is 5.53. The van der Waals surface area contributed by atoms with Crippen LogP contribution in [0.25, 0.3) is 0 Å². The Balaban J connectivity index is 1.46. The summed E-state index contributed by atoms with van der Waals surface area (Å²) in [5, 5.41) is 4.22. The van der Waals surface area contributed by atoms with Gasteiger partial charge in [0, 0.05) is 17.9 Å². The molecule has 1 aliphatic heterocycles. The predicted octanol–water partition coefficient (Wildman–Crippen LogP) is 4.44. The van der Waals surface area contributed by atoms with Crippen LogP contribution in [0.15, 0.2) is 65.8 Å². The zero-order valence-electron chi connectivity index (χ0n) is 11.2. The Bertz CT molecular complexity index is 568. The molecule has 1 atom stereocenters. The number of rotatable bonds is 5. The molecule has 0 saturated heterocycles. The van der Waals surface area contributed by atoms with Crippen molar-refractivity contribution in [2.24, 2.45) is 5.16 Å². The molecule has 0 fully saturated rings. The van der Waals surface area contributed by atoms with E-state index in [2.05, 4.69) is 41.6 Å². The van der Waals surface area contributed by atoms with Crippen LogP contribution in [-0.4, -0.2) is 11.5 Å². The highest BCUT2D eigenvalue weighted by molar-refractivity contribution is 7.99. The van der Waals surface area contributed by atoms with Crippen molar-refractivity contribution < 1.29 is 4.84 Å². The molecule has 0 bridgehead atoms. The van der Waals surface area contributed by atoms with Crippen molar-refractivity contribution in [3.8, 4) is 0 Å². The van der Waals surface area contributed by atoms with Crippen molar-refractivity contribution in [2.75, 3.05) is 5.75 Å².